The summed E-state index contributed by atoms with van der Waals surface area (Å²) in [6.07, 6.45) is 1.78. The second-order valence-corrected chi connectivity index (χ2v) is 7.22. The maximum absolute atomic E-state index is 10.8. The highest BCUT2D eigenvalue weighted by atomic mass is 16.5. The molecule has 1 aliphatic heterocycles. The maximum atomic E-state index is 10.8. The minimum Gasteiger partial charge on any atom is -0.494 e. The standard InChI is InChI=1S/C24H31NO4/c1-3-27-23-17-25(16-19-8-6-5-7-9-19)22(24(23)28-4-2)14-15-29-21-12-10-20(18-26)11-13-21/h5-13,18,22-24H,3-4,14-17H2,1-2H3/t22-,23+,24-/m0/s1. The summed E-state index contributed by atoms with van der Waals surface area (Å²) in [4.78, 5) is 13.3. The van der Waals surface area contributed by atoms with Crippen molar-refractivity contribution in [2.24, 2.45) is 0 Å². The Hall–Kier alpha value is -2.21. The molecule has 1 saturated heterocycles. The molecule has 1 fully saturated rings. The number of hydrogen-bond donors (Lipinski definition) is 0. The van der Waals surface area contributed by atoms with Crippen LogP contribution in [0, 0.1) is 0 Å². The first kappa shape index (κ1) is 21.5. The molecule has 0 amide bonds. The highest BCUT2D eigenvalue weighted by Crippen LogP contribution is 2.28. The summed E-state index contributed by atoms with van der Waals surface area (Å²) in [7, 11) is 0. The molecule has 0 spiro atoms. The van der Waals surface area contributed by atoms with Gasteiger partial charge in [0, 0.05) is 37.9 Å². The largest absolute Gasteiger partial charge is 0.494 e. The number of nitrogens with zero attached hydrogens (tertiary/aromatic N) is 1. The molecule has 0 N–H and O–H groups in total. The Morgan fingerprint density at radius 3 is 2.38 bits per heavy atom. The Labute approximate surface area is 173 Å². The molecule has 156 valence electrons. The average Bonchev–Trinajstić information content (AvgIpc) is 3.06. The normalized spacial score (nSPS) is 21.9. The van der Waals surface area contributed by atoms with E-state index in [-0.39, 0.29) is 18.2 Å². The van der Waals surface area contributed by atoms with Gasteiger partial charge in [0.25, 0.3) is 0 Å². The predicted octanol–water partition coefficient (Wildman–Crippen LogP) is 3.96. The molecule has 0 unspecified atom stereocenters. The number of hydrogen-bond acceptors (Lipinski definition) is 5. The Morgan fingerprint density at radius 1 is 1.00 bits per heavy atom. The van der Waals surface area contributed by atoms with Crippen LogP contribution in [0.4, 0.5) is 0 Å². The van der Waals surface area contributed by atoms with Crippen LogP contribution in [0.25, 0.3) is 0 Å². The summed E-state index contributed by atoms with van der Waals surface area (Å²) < 4.78 is 18.1. The van der Waals surface area contributed by atoms with Crippen LogP contribution < -0.4 is 4.74 Å². The molecule has 0 aliphatic carbocycles. The van der Waals surface area contributed by atoms with E-state index in [0.717, 1.165) is 31.5 Å². The van der Waals surface area contributed by atoms with Crippen molar-refractivity contribution < 1.29 is 19.0 Å². The first-order valence-electron chi connectivity index (χ1n) is 10.4. The van der Waals surface area contributed by atoms with Gasteiger partial charge in [-0.05, 0) is 50.1 Å². The highest BCUT2D eigenvalue weighted by molar-refractivity contribution is 5.74. The molecule has 0 saturated carbocycles. The van der Waals surface area contributed by atoms with Crippen LogP contribution in [0.1, 0.15) is 36.2 Å². The number of benzene rings is 2. The minimum atomic E-state index is 0.0321. The van der Waals surface area contributed by atoms with E-state index in [1.54, 1.807) is 12.1 Å². The predicted molar refractivity (Wildman–Crippen MR) is 113 cm³/mol. The molecule has 1 aliphatic rings. The molecule has 0 bridgehead atoms. The second kappa shape index (κ2) is 11.1. The third-order valence-electron chi connectivity index (χ3n) is 5.30. The fourth-order valence-corrected chi connectivity index (χ4v) is 3.99. The van der Waals surface area contributed by atoms with Crippen LogP contribution in [0.3, 0.4) is 0 Å². The van der Waals surface area contributed by atoms with Crippen LogP contribution in [0.15, 0.2) is 54.6 Å². The smallest absolute Gasteiger partial charge is 0.150 e. The maximum Gasteiger partial charge on any atom is 0.150 e. The number of ether oxygens (including phenoxy) is 3. The van der Waals surface area contributed by atoms with Gasteiger partial charge < -0.3 is 14.2 Å². The monoisotopic (exact) mass is 397 g/mol. The first-order chi connectivity index (χ1) is 14.2. The first-order valence-corrected chi connectivity index (χ1v) is 10.4. The molecule has 3 atom stereocenters. The number of likely N-dealkylation sites (tertiary alicyclic amines) is 1. The summed E-state index contributed by atoms with van der Waals surface area (Å²) in [6.45, 7) is 7.71. The van der Waals surface area contributed by atoms with Crippen molar-refractivity contribution in [2.45, 2.75) is 45.1 Å². The van der Waals surface area contributed by atoms with Crippen LogP contribution in [-0.4, -0.2) is 55.8 Å². The van der Waals surface area contributed by atoms with E-state index < -0.39 is 0 Å². The summed E-state index contributed by atoms with van der Waals surface area (Å²) in [5.41, 5.74) is 1.94. The van der Waals surface area contributed by atoms with Crippen LogP contribution in [0.5, 0.6) is 5.75 Å². The van der Waals surface area contributed by atoms with Crippen molar-refractivity contribution in [1.29, 1.82) is 0 Å². The lowest BCUT2D eigenvalue weighted by Gasteiger charge is -2.28. The Bertz CT molecular complexity index is 734. The highest BCUT2D eigenvalue weighted by Gasteiger charge is 2.42. The topological polar surface area (TPSA) is 48.0 Å². The van der Waals surface area contributed by atoms with Crippen molar-refractivity contribution in [3.05, 3.63) is 65.7 Å². The van der Waals surface area contributed by atoms with Crippen LogP contribution in [0.2, 0.25) is 0 Å². The van der Waals surface area contributed by atoms with Gasteiger partial charge in [-0.15, -0.1) is 0 Å². The van der Waals surface area contributed by atoms with Crippen molar-refractivity contribution in [1.82, 2.24) is 4.90 Å². The van der Waals surface area contributed by atoms with E-state index in [1.807, 2.05) is 32.0 Å². The van der Waals surface area contributed by atoms with Gasteiger partial charge in [-0.25, -0.2) is 0 Å². The lowest BCUT2D eigenvalue weighted by molar-refractivity contribution is -0.0537. The van der Waals surface area contributed by atoms with Crippen LogP contribution >= 0.6 is 0 Å². The van der Waals surface area contributed by atoms with Gasteiger partial charge in [-0.1, -0.05) is 30.3 Å². The molecule has 5 nitrogen and oxygen atoms in total. The Kier molecular flexibility index (Phi) is 8.23. The average molecular weight is 398 g/mol. The lowest BCUT2D eigenvalue weighted by atomic mass is 10.1. The van der Waals surface area contributed by atoms with Gasteiger partial charge in [-0.3, -0.25) is 9.69 Å². The zero-order valence-corrected chi connectivity index (χ0v) is 17.3. The number of carbonyl (C=O) groups excluding carboxylic acids is 1. The van der Waals surface area contributed by atoms with E-state index in [9.17, 15) is 4.79 Å². The zero-order chi connectivity index (χ0) is 20.5. The van der Waals surface area contributed by atoms with Crippen molar-refractivity contribution in [2.75, 3.05) is 26.4 Å². The van der Waals surface area contributed by atoms with Gasteiger partial charge in [0.05, 0.1) is 12.7 Å². The molecule has 0 aromatic heterocycles. The van der Waals surface area contributed by atoms with Gasteiger partial charge in [-0.2, -0.15) is 0 Å². The van der Waals surface area contributed by atoms with E-state index in [4.69, 9.17) is 14.2 Å². The summed E-state index contributed by atoms with van der Waals surface area (Å²) >= 11 is 0. The molecule has 2 aromatic carbocycles. The molecule has 3 rings (SSSR count). The molecule has 29 heavy (non-hydrogen) atoms. The quantitative estimate of drug-likeness (QED) is 0.537. The van der Waals surface area contributed by atoms with Crippen molar-refractivity contribution in [3.63, 3.8) is 0 Å². The summed E-state index contributed by atoms with van der Waals surface area (Å²) in [6, 6.07) is 18.0. The molecular formula is C24H31NO4. The number of rotatable bonds is 11. The van der Waals surface area contributed by atoms with Crippen LogP contribution in [-0.2, 0) is 16.0 Å². The SMILES string of the molecule is CCO[C@@H]1[C@H](OCC)CN(Cc2ccccc2)[C@H]1CCOc1ccc(C=O)cc1. The van der Waals surface area contributed by atoms with Gasteiger partial charge >= 0.3 is 0 Å². The molecule has 5 heteroatoms. The fraction of sp³-hybridized carbons (Fsp3) is 0.458. The Morgan fingerprint density at radius 2 is 1.72 bits per heavy atom. The second-order valence-electron chi connectivity index (χ2n) is 7.22. The lowest BCUT2D eigenvalue weighted by Crippen LogP contribution is -2.39. The van der Waals surface area contributed by atoms with Gasteiger partial charge in [0.15, 0.2) is 0 Å². The number of carbonyl (C=O) groups is 1. The third kappa shape index (κ3) is 5.89. The Balaban J connectivity index is 1.67. The van der Waals surface area contributed by atoms with E-state index in [0.29, 0.717) is 25.4 Å². The van der Waals surface area contributed by atoms with Gasteiger partial charge in [0.1, 0.15) is 18.1 Å². The van der Waals surface area contributed by atoms with E-state index in [2.05, 4.69) is 29.2 Å². The number of aldehydes is 1. The molecule has 2 aromatic rings. The summed E-state index contributed by atoms with van der Waals surface area (Å²) in [5, 5.41) is 0. The van der Waals surface area contributed by atoms with E-state index in [1.165, 1.54) is 5.56 Å². The third-order valence-corrected chi connectivity index (χ3v) is 5.30. The molecule has 0 radical (unpaired) electrons. The molecular weight excluding hydrogens is 366 g/mol. The summed E-state index contributed by atoms with van der Waals surface area (Å²) in [5.74, 6) is 0.775. The minimum absolute atomic E-state index is 0.0321. The zero-order valence-electron chi connectivity index (χ0n) is 17.3. The molecule has 1 heterocycles. The van der Waals surface area contributed by atoms with Crippen molar-refractivity contribution >= 4 is 6.29 Å². The van der Waals surface area contributed by atoms with Crippen molar-refractivity contribution in [3.8, 4) is 5.75 Å². The fourth-order valence-electron chi connectivity index (χ4n) is 3.99. The van der Waals surface area contributed by atoms with E-state index >= 15 is 0 Å². The van der Waals surface area contributed by atoms with Gasteiger partial charge in [0.2, 0.25) is 0 Å².